The number of methoxy groups -OCH3 is 1. The molecule has 160 valence electrons. The number of hydrogen-bond acceptors (Lipinski definition) is 7. The molecule has 30 heavy (non-hydrogen) atoms. The minimum absolute atomic E-state index is 0.0872. The first-order valence-corrected chi connectivity index (χ1v) is 9.74. The van der Waals surface area contributed by atoms with Crippen LogP contribution >= 0.6 is 0 Å². The van der Waals surface area contributed by atoms with Crippen LogP contribution in [-0.2, 0) is 25.6 Å². The summed E-state index contributed by atoms with van der Waals surface area (Å²) in [6.07, 6.45) is 1.43. The van der Waals surface area contributed by atoms with Crippen LogP contribution in [-0.4, -0.2) is 69.6 Å². The van der Waals surface area contributed by atoms with Crippen molar-refractivity contribution in [1.82, 2.24) is 19.8 Å². The van der Waals surface area contributed by atoms with E-state index in [0.29, 0.717) is 24.3 Å². The molecule has 1 fully saturated rings. The Kier molecular flexibility index (Phi) is 6.19. The number of likely N-dealkylation sites (tertiary alicyclic amines) is 1. The molecule has 0 aromatic carbocycles. The first-order valence-electron chi connectivity index (χ1n) is 9.74. The number of esters is 1. The van der Waals surface area contributed by atoms with E-state index in [2.05, 4.69) is 14.7 Å². The summed E-state index contributed by atoms with van der Waals surface area (Å²) in [7, 11) is 1.27. The lowest BCUT2D eigenvalue weighted by Crippen LogP contribution is -2.47. The van der Waals surface area contributed by atoms with Gasteiger partial charge in [-0.15, -0.1) is 0 Å². The van der Waals surface area contributed by atoms with Gasteiger partial charge in [0.1, 0.15) is 18.2 Å². The Labute approximate surface area is 175 Å². The van der Waals surface area contributed by atoms with Crippen LogP contribution in [0.3, 0.4) is 0 Å². The van der Waals surface area contributed by atoms with Gasteiger partial charge in [-0.1, -0.05) is 0 Å². The zero-order chi connectivity index (χ0) is 21.9. The average molecular weight is 414 g/mol. The second-order valence-corrected chi connectivity index (χ2v) is 8.10. The second kappa shape index (κ2) is 8.64. The summed E-state index contributed by atoms with van der Waals surface area (Å²) >= 11 is 0. The molecular formula is C21H26N4O5. The number of aromatic nitrogens is 2. The Bertz CT molecular complexity index is 956. The molecule has 3 heterocycles. The van der Waals surface area contributed by atoms with Gasteiger partial charge in [-0.3, -0.25) is 14.5 Å². The van der Waals surface area contributed by atoms with Gasteiger partial charge in [0.05, 0.1) is 19.3 Å². The van der Waals surface area contributed by atoms with Crippen LogP contribution in [0.15, 0.2) is 30.5 Å². The van der Waals surface area contributed by atoms with Crippen molar-refractivity contribution in [3.8, 4) is 0 Å². The lowest BCUT2D eigenvalue weighted by molar-refractivity contribution is -0.146. The Hall–Kier alpha value is -3.23. The van der Waals surface area contributed by atoms with Crippen LogP contribution in [0.25, 0.3) is 11.0 Å². The SMILES string of the molecule is COC(=O)CN1CC[C@H](N(Cc2ccc3cccnc3n2)C(=O)OC(C)(C)C)C1=O. The van der Waals surface area contributed by atoms with Gasteiger partial charge in [0, 0.05) is 18.1 Å². The van der Waals surface area contributed by atoms with E-state index in [1.165, 1.54) is 16.9 Å². The van der Waals surface area contributed by atoms with Gasteiger partial charge < -0.3 is 14.4 Å². The van der Waals surface area contributed by atoms with Crippen LogP contribution in [0.5, 0.6) is 0 Å². The molecule has 0 N–H and O–H groups in total. The number of carbonyl (C=O) groups excluding carboxylic acids is 3. The second-order valence-electron chi connectivity index (χ2n) is 8.10. The number of pyridine rings is 2. The number of fused-ring (bicyclic) bond motifs is 1. The fraction of sp³-hybridized carbons (Fsp3) is 0.476. The Balaban J connectivity index is 1.85. The van der Waals surface area contributed by atoms with E-state index in [0.717, 1.165) is 5.39 Å². The number of hydrogen-bond donors (Lipinski definition) is 0. The summed E-state index contributed by atoms with van der Waals surface area (Å²) in [6.45, 7) is 5.59. The molecule has 1 aliphatic rings. The quantitative estimate of drug-likeness (QED) is 0.691. The van der Waals surface area contributed by atoms with Crippen molar-refractivity contribution in [3.63, 3.8) is 0 Å². The fourth-order valence-corrected chi connectivity index (χ4v) is 3.27. The Morgan fingerprint density at radius 2 is 2.03 bits per heavy atom. The Morgan fingerprint density at radius 1 is 1.27 bits per heavy atom. The number of nitrogens with zero attached hydrogens (tertiary/aromatic N) is 4. The molecule has 2 aromatic heterocycles. The highest BCUT2D eigenvalue weighted by atomic mass is 16.6. The molecule has 9 nitrogen and oxygen atoms in total. The van der Waals surface area contributed by atoms with Crippen molar-refractivity contribution < 1.29 is 23.9 Å². The molecule has 0 unspecified atom stereocenters. The first kappa shape index (κ1) is 21.5. The summed E-state index contributed by atoms with van der Waals surface area (Å²) in [5.41, 5.74) is 0.427. The zero-order valence-electron chi connectivity index (χ0n) is 17.6. The minimum atomic E-state index is -0.745. The summed E-state index contributed by atoms with van der Waals surface area (Å²) in [5.74, 6) is -0.819. The monoisotopic (exact) mass is 414 g/mol. The molecule has 1 saturated heterocycles. The van der Waals surface area contributed by atoms with Crippen LogP contribution in [0.2, 0.25) is 0 Å². The molecule has 3 rings (SSSR count). The van der Waals surface area contributed by atoms with E-state index in [1.807, 2.05) is 18.2 Å². The third kappa shape index (κ3) is 5.03. The maximum absolute atomic E-state index is 12.9. The topological polar surface area (TPSA) is 102 Å². The predicted molar refractivity (Wildman–Crippen MR) is 108 cm³/mol. The van der Waals surface area contributed by atoms with Crippen molar-refractivity contribution in [1.29, 1.82) is 0 Å². The largest absolute Gasteiger partial charge is 0.468 e. The van der Waals surface area contributed by atoms with Gasteiger partial charge in [0.2, 0.25) is 5.91 Å². The van der Waals surface area contributed by atoms with Crippen molar-refractivity contribution >= 4 is 29.0 Å². The van der Waals surface area contributed by atoms with Crippen molar-refractivity contribution in [2.45, 2.75) is 45.4 Å². The summed E-state index contributed by atoms with van der Waals surface area (Å²) in [5, 5.41) is 0.881. The molecule has 0 radical (unpaired) electrons. The maximum Gasteiger partial charge on any atom is 0.411 e. The molecule has 0 aliphatic carbocycles. The molecule has 0 bridgehead atoms. The number of carbonyl (C=O) groups is 3. The average Bonchev–Trinajstić information content (AvgIpc) is 3.04. The molecule has 9 heteroatoms. The molecule has 0 spiro atoms. The van der Waals surface area contributed by atoms with E-state index in [1.54, 1.807) is 33.0 Å². The highest BCUT2D eigenvalue weighted by Gasteiger charge is 2.40. The fourth-order valence-electron chi connectivity index (χ4n) is 3.27. The van der Waals surface area contributed by atoms with Crippen LogP contribution in [0.1, 0.15) is 32.9 Å². The maximum atomic E-state index is 12.9. The van der Waals surface area contributed by atoms with Gasteiger partial charge in [0.25, 0.3) is 0 Å². The van der Waals surface area contributed by atoms with Gasteiger partial charge in [-0.2, -0.15) is 0 Å². The molecule has 1 aliphatic heterocycles. The third-order valence-electron chi connectivity index (χ3n) is 4.68. The standard InChI is InChI=1S/C21H26N4O5/c1-21(2,3)30-20(28)25(16-9-11-24(19(16)27)13-17(26)29-4)12-15-8-7-14-6-5-10-22-18(14)23-15/h5-8,10,16H,9,11-13H2,1-4H3/t16-/m0/s1. The summed E-state index contributed by atoms with van der Waals surface area (Å²) in [4.78, 5) is 49.0. The van der Waals surface area contributed by atoms with Crippen LogP contribution < -0.4 is 0 Å². The lowest BCUT2D eigenvalue weighted by atomic mass is 10.2. The molecule has 2 amide bonds. The highest BCUT2D eigenvalue weighted by Crippen LogP contribution is 2.23. The normalized spacial score (nSPS) is 16.6. The van der Waals surface area contributed by atoms with E-state index in [9.17, 15) is 14.4 Å². The van der Waals surface area contributed by atoms with Crippen molar-refractivity contribution in [2.24, 2.45) is 0 Å². The molecule has 2 aromatic rings. The van der Waals surface area contributed by atoms with Crippen LogP contribution in [0.4, 0.5) is 4.79 Å². The van der Waals surface area contributed by atoms with Crippen molar-refractivity contribution in [2.75, 3.05) is 20.2 Å². The van der Waals surface area contributed by atoms with E-state index in [4.69, 9.17) is 4.74 Å². The molecule has 0 saturated carbocycles. The van der Waals surface area contributed by atoms with E-state index < -0.39 is 23.7 Å². The van der Waals surface area contributed by atoms with Gasteiger partial charge in [-0.05, 0) is 51.5 Å². The third-order valence-corrected chi connectivity index (χ3v) is 4.68. The van der Waals surface area contributed by atoms with Crippen molar-refractivity contribution in [3.05, 3.63) is 36.2 Å². The van der Waals surface area contributed by atoms with Gasteiger partial charge >= 0.3 is 12.1 Å². The number of rotatable bonds is 5. The molecule has 1 atom stereocenters. The summed E-state index contributed by atoms with van der Waals surface area (Å²) < 4.78 is 10.2. The Morgan fingerprint density at radius 3 is 2.73 bits per heavy atom. The lowest BCUT2D eigenvalue weighted by Gasteiger charge is -2.30. The predicted octanol–water partition coefficient (Wildman–Crippen LogP) is 2.14. The van der Waals surface area contributed by atoms with E-state index >= 15 is 0 Å². The minimum Gasteiger partial charge on any atom is -0.468 e. The van der Waals surface area contributed by atoms with Crippen LogP contribution in [0, 0.1) is 0 Å². The number of amides is 2. The van der Waals surface area contributed by atoms with Gasteiger partial charge in [-0.25, -0.2) is 14.8 Å². The first-order chi connectivity index (χ1) is 14.2. The zero-order valence-corrected chi connectivity index (χ0v) is 17.6. The van der Waals surface area contributed by atoms with E-state index in [-0.39, 0.29) is 19.0 Å². The summed E-state index contributed by atoms with van der Waals surface area (Å²) in [6, 6.07) is 6.65. The smallest absolute Gasteiger partial charge is 0.411 e. The highest BCUT2D eigenvalue weighted by molar-refractivity contribution is 5.90. The number of ether oxygens (including phenoxy) is 2. The van der Waals surface area contributed by atoms with Gasteiger partial charge in [0.15, 0.2) is 5.65 Å². The molecular weight excluding hydrogens is 388 g/mol.